The SMILES string of the molecule is C=C/C=C(N)\C(=C/C)NC(=O)OC(C)(C)C.CF. The summed E-state index contributed by atoms with van der Waals surface area (Å²) >= 11 is 0. The van der Waals surface area contributed by atoms with Crippen LogP contribution in [0.2, 0.25) is 0 Å². The van der Waals surface area contributed by atoms with Crippen molar-refractivity contribution in [2.75, 3.05) is 7.18 Å². The lowest BCUT2D eigenvalue weighted by Crippen LogP contribution is -2.33. The van der Waals surface area contributed by atoms with E-state index in [1.54, 1.807) is 45.9 Å². The normalized spacial score (nSPS) is 12.1. The van der Waals surface area contributed by atoms with Crippen molar-refractivity contribution in [3.05, 3.63) is 36.2 Å². The second kappa shape index (κ2) is 9.27. The molecular weight excluding hydrogens is 235 g/mol. The Bertz CT molecular complexity index is 328. The minimum Gasteiger partial charge on any atom is -0.444 e. The molecule has 0 heterocycles. The largest absolute Gasteiger partial charge is 0.444 e. The Morgan fingerprint density at radius 2 is 1.89 bits per heavy atom. The fourth-order valence-corrected chi connectivity index (χ4v) is 0.941. The van der Waals surface area contributed by atoms with E-state index < -0.39 is 11.7 Å². The molecule has 0 fully saturated rings. The van der Waals surface area contributed by atoms with Gasteiger partial charge in [0.2, 0.25) is 0 Å². The van der Waals surface area contributed by atoms with E-state index in [1.165, 1.54) is 0 Å². The molecule has 4 nitrogen and oxygen atoms in total. The van der Waals surface area contributed by atoms with Crippen molar-refractivity contribution in [3.8, 4) is 0 Å². The number of allylic oxidation sites excluding steroid dienone is 3. The molecule has 5 heteroatoms. The van der Waals surface area contributed by atoms with Gasteiger partial charge in [-0.3, -0.25) is 9.71 Å². The fraction of sp³-hybridized carbons (Fsp3) is 0.462. The second-order valence-corrected chi connectivity index (χ2v) is 4.19. The summed E-state index contributed by atoms with van der Waals surface area (Å²) in [6, 6.07) is 0. The van der Waals surface area contributed by atoms with E-state index in [0.29, 0.717) is 18.6 Å². The van der Waals surface area contributed by atoms with Crippen LogP contribution in [0.1, 0.15) is 27.7 Å². The Hall–Kier alpha value is -1.78. The number of ether oxygens (including phenoxy) is 1. The molecule has 104 valence electrons. The molecule has 0 rings (SSSR count). The summed E-state index contributed by atoms with van der Waals surface area (Å²) in [5, 5.41) is 2.57. The van der Waals surface area contributed by atoms with Gasteiger partial charge in [0.25, 0.3) is 0 Å². The molecule has 0 saturated heterocycles. The molecule has 1 amide bonds. The molecule has 0 aliphatic heterocycles. The summed E-state index contributed by atoms with van der Waals surface area (Å²) in [4.78, 5) is 11.5. The molecule has 0 aromatic rings. The van der Waals surface area contributed by atoms with Gasteiger partial charge >= 0.3 is 6.09 Å². The predicted molar refractivity (Wildman–Crippen MR) is 72.6 cm³/mol. The minimum atomic E-state index is -0.528. The fourth-order valence-electron chi connectivity index (χ4n) is 0.941. The first kappa shape index (κ1) is 18.6. The third kappa shape index (κ3) is 9.45. The number of nitrogens with one attached hydrogen (secondary N) is 1. The summed E-state index contributed by atoms with van der Waals surface area (Å²) in [6.07, 6.45) is 4.32. The molecular formula is C13H23FN2O2. The molecule has 0 unspecified atom stereocenters. The number of nitrogens with two attached hydrogens (primary N) is 1. The van der Waals surface area contributed by atoms with Crippen molar-refractivity contribution in [2.24, 2.45) is 5.73 Å². The lowest BCUT2D eigenvalue weighted by molar-refractivity contribution is 0.0547. The van der Waals surface area contributed by atoms with E-state index >= 15 is 0 Å². The first-order valence-corrected chi connectivity index (χ1v) is 5.43. The van der Waals surface area contributed by atoms with E-state index in [9.17, 15) is 9.18 Å². The van der Waals surface area contributed by atoms with Crippen LogP contribution in [0.15, 0.2) is 36.2 Å². The Balaban J connectivity index is 0. The quantitative estimate of drug-likeness (QED) is 0.765. The Morgan fingerprint density at radius 3 is 2.22 bits per heavy atom. The van der Waals surface area contributed by atoms with E-state index in [2.05, 4.69) is 11.9 Å². The van der Waals surface area contributed by atoms with Crippen LogP contribution in [-0.2, 0) is 4.74 Å². The van der Waals surface area contributed by atoms with Gasteiger partial charge in [-0.1, -0.05) is 18.7 Å². The second-order valence-electron chi connectivity index (χ2n) is 4.19. The van der Waals surface area contributed by atoms with Gasteiger partial charge in [0.15, 0.2) is 0 Å². The van der Waals surface area contributed by atoms with Gasteiger partial charge in [0.1, 0.15) is 5.60 Å². The zero-order valence-electron chi connectivity index (χ0n) is 11.7. The Labute approximate surface area is 108 Å². The van der Waals surface area contributed by atoms with E-state index in [-0.39, 0.29) is 0 Å². The first-order chi connectivity index (χ1) is 8.30. The maximum absolute atomic E-state index is 11.5. The van der Waals surface area contributed by atoms with Crippen molar-refractivity contribution in [2.45, 2.75) is 33.3 Å². The van der Waals surface area contributed by atoms with Gasteiger partial charge in [-0.2, -0.15) is 0 Å². The topological polar surface area (TPSA) is 64.3 Å². The van der Waals surface area contributed by atoms with Crippen LogP contribution in [0.25, 0.3) is 0 Å². The molecule has 0 bridgehead atoms. The van der Waals surface area contributed by atoms with Crippen LogP contribution in [-0.4, -0.2) is 18.9 Å². The van der Waals surface area contributed by atoms with Crippen LogP contribution < -0.4 is 11.1 Å². The van der Waals surface area contributed by atoms with Crippen LogP contribution in [0.3, 0.4) is 0 Å². The average Bonchev–Trinajstić information content (AvgIpc) is 2.26. The number of hydrogen-bond acceptors (Lipinski definition) is 3. The maximum atomic E-state index is 11.5. The number of amides is 1. The lowest BCUT2D eigenvalue weighted by Gasteiger charge is -2.20. The smallest absolute Gasteiger partial charge is 0.412 e. The van der Waals surface area contributed by atoms with Crippen molar-refractivity contribution in [1.82, 2.24) is 5.32 Å². The third-order valence-electron chi connectivity index (χ3n) is 1.53. The number of halogens is 1. The van der Waals surface area contributed by atoms with Crippen molar-refractivity contribution >= 4 is 6.09 Å². The number of alkyl halides is 1. The molecule has 0 aliphatic carbocycles. The van der Waals surface area contributed by atoms with Crippen molar-refractivity contribution in [3.63, 3.8) is 0 Å². The third-order valence-corrected chi connectivity index (χ3v) is 1.53. The lowest BCUT2D eigenvalue weighted by atomic mass is 10.2. The van der Waals surface area contributed by atoms with Crippen LogP contribution in [0.4, 0.5) is 9.18 Å². The molecule has 0 aromatic carbocycles. The predicted octanol–water partition coefficient (Wildman–Crippen LogP) is 3.03. The number of carbonyl (C=O) groups is 1. The standard InChI is InChI=1S/C12H20N2O2.CH3F/c1-6-8-9(13)10(7-2)14-11(15)16-12(3,4)5;1-2/h6-8H,1,13H2,2-5H3,(H,14,15);1H3/b9-8+,10-7+;. The van der Waals surface area contributed by atoms with Crippen LogP contribution in [0, 0.1) is 0 Å². The number of alkyl carbamates (subject to hydrolysis) is 1. The summed E-state index contributed by atoms with van der Waals surface area (Å²) in [5.41, 5.74) is 6.12. The number of rotatable bonds is 3. The van der Waals surface area contributed by atoms with Gasteiger partial charge in [0, 0.05) is 0 Å². The highest BCUT2D eigenvalue weighted by atomic mass is 19.1. The molecule has 0 aromatic heterocycles. The molecule has 0 atom stereocenters. The van der Waals surface area contributed by atoms with Crippen LogP contribution in [0.5, 0.6) is 0 Å². The Morgan fingerprint density at radius 1 is 1.39 bits per heavy atom. The molecule has 0 saturated carbocycles. The van der Waals surface area contributed by atoms with Crippen molar-refractivity contribution in [1.29, 1.82) is 0 Å². The first-order valence-electron chi connectivity index (χ1n) is 5.43. The van der Waals surface area contributed by atoms with Crippen molar-refractivity contribution < 1.29 is 13.9 Å². The highest BCUT2D eigenvalue weighted by Crippen LogP contribution is 2.08. The summed E-state index contributed by atoms with van der Waals surface area (Å²) in [7, 11) is 0.500. The highest BCUT2D eigenvalue weighted by Gasteiger charge is 2.17. The zero-order chi connectivity index (χ0) is 14.8. The van der Waals surface area contributed by atoms with Gasteiger partial charge < -0.3 is 10.5 Å². The molecule has 3 N–H and O–H groups in total. The zero-order valence-corrected chi connectivity index (χ0v) is 11.7. The summed E-state index contributed by atoms with van der Waals surface area (Å²) in [5.74, 6) is 0. The molecule has 0 spiro atoms. The summed E-state index contributed by atoms with van der Waals surface area (Å²) < 4.78 is 14.6. The molecule has 18 heavy (non-hydrogen) atoms. The minimum absolute atomic E-state index is 0.434. The van der Waals surface area contributed by atoms with E-state index in [0.717, 1.165) is 0 Å². The van der Waals surface area contributed by atoms with Crippen LogP contribution >= 0.6 is 0 Å². The van der Waals surface area contributed by atoms with Gasteiger partial charge in [-0.15, -0.1) is 0 Å². The maximum Gasteiger partial charge on any atom is 0.412 e. The van der Waals surface area contributed by atoms with Gasteiger partial charge in [-0.25, -0.2) is 4.79 Å². The summed E-state index contributed by atoms with van der Waals surface area (Å²) in [6.45, 7) is 10.7. The molecule has 0 aliphatic rings. The van der Waals surface area contributed by atoms with E-state index in [4.69, 9.17) is 10.5 Å². The Kier molecular flexibility index (Phi) is 9.57. The number of hydrogen-bond donors (Lipinski definition) is 2. The average molecular weight is 258 g/mol. The van der Waals surface area contributed by atoms with E-state index in [1.807, 2.05) is 0 Å². The number of carbonyl (C=O) groups excluding carboxylic acids is 1. The molecule has 0 radical (unpaired) electrons. The van der Waals surface area contributed by atoms with Gasteiger partial charge in [-0.05, 0) is 33.8 Å². The van der Waals surface area contributed by atoms with Gasteiger partial charge in [0.05, 0.1) is 18.6 Å². The monoisotopic (exact) mass is 258 g/mol. The highest BCUT2D eigenvalue weighted by molar-refractivity contribution is 5.71.